The van der Waals surface area contributed by atoms with Crippen LogP contribution in [0.5, 0.6) is 0 Å². The van der Waals surface area contributed by atoms with Crippen LogP contribution in [0.25, 0.3) is 0 Å². The van der Waals surface area contributed by atoms with Crippen LogP contribution in [0.2, 0.25) is 0 Å². The number of aryl methyl sites for hydroxylation is 1. The quantitative estimate of drug-likeness (QED) is 0.860. The molecular weight excluding hydrogens is 233 g/mol. The predicted molar refractivity (Wildman–Crippen MR) is 66.8 cm³/mol. The monoisotopic (exact) mass is 251 g/mol. The lowest BCUT2D eigenvalue weighted by Crippen LogP contribution is -2.50. The first kappa shape index (κ1) is 13.0. The highest BCUT2D eigenvalue weighted by atomic mass is 19.1. The lowest BCUT2D eigenvalue weighted by Gasteiger charge is -2.29. The molecule has 0 aliphatic heterocycles. The van der Waals surface area contributed by atoms with Gasteiger partial charge in [-0.3, -0.25) is 4.79 Å². The van der Waals surface area contributed by atoms with Gasteiger partial charge in [0.05, 0.1) is 12.1 Å². The number of hydrogen-bond donors (Lipinski definition) is 2. The molecule has 98 valence electrons. The van der Waals surface area contributed by atoms with E-state index in [-0.39, 0.29) is 18.3 Å². The number of hydrogen-bond acceptors (Lipinski definition) is 2. The van der Waals surface area contributed by atoms with Gasteiger partial charge < -0.3 is 10.4 Å². The fourth-order valence-corrected chi connectivity index (χ4v) is 2.20. The third kappa shape index (κ3) is 2.53. The molecule has 1 amide bonds. The summed E-state index contributed by atoms with van der Waals surface area (Å²) in [6.07, 6.45) is 2.06. The topological polar surface area (TPSA) is 49.3 Å². The predicted octanol–water partition coefficient (Wildman–Crippen LogP) is 2.02. The number of aliphatic hydroxyl groups excluding tert-OH is 1. The van der Waals surface area contributed by atoms with Gasteiger partial charge in [-0.1, -0.05) is 0 Å². The minimum absolute atomic E-state index is 0.0797. The molecule has 0 saturated heterocycles. The molecule has 1 aliphatic carbocycles. The van der Waals surface area contributed by atoms with E-state index in [2.05, 4.69) is 5.32 Å². The number of rotatable bonds is 4. The number of amides is 1. The third-order valence-corrected chi connectivity index (χ3v) is 3.64. The van der Waals surface area contributed by atoms with Gasteiger partial charge in [-0.25, -0.2) is 4.39 Å². The minimum atomic E-state index is -0.572. The zero-order chi connectivity index (χ0) is 13.3. The maximum absolute atomic E-state index is 13.0. The van der Waals surface area contributed by atoms with Crippen molar-refractivity contribution < 1.29 is 14.3 Å². The first-order valence-electron chi connectivity index (χ1n) is 6.16. The fourth-order valence-electron chi connectivity index (χ4n) is 2.20. The molecule has 2 rings (SSSR count). The maximum atomic E-state index is 13.0. The van der Waals surface area contributed by atoms with E-state index in [1.54, 1.807) is 6.92 Å². The molecule has 0 heterocycles. The van der Waals surface area contributed by atoms with E-state index in [0.29, 0.717) is 17.0 Å². The zero-order valence-corrected chi connectivity index (χ0v) is 10.7. The largest absolute Gasteiger partial charge is 0.394 e. The highest BCUT2D eigenvalue weighted by molar-refractivity contribution is 5.96. The smallest absolute Gasteiger partial charge is 0.252 e. The van der Waals surface area contributed by atoms with E-state index in [1.165, 1.54) is 18.2 Å². The Labute approximate surface area is 106 Å². The molecule has 2 N–H and O–H groups in total. The summed E-state index contributed by atoms with van der Waals surface area (Å²) < 4.78 is 13.0. The average molecular weight is 251 g/mol. The van der Waals surface area contributed by atoms with Crippen LogP contribution in [-0.4, -0.2) is 23.2 Å². The SMILES string of the molecule is Cc1cc(F)ccc1C(=O)NC(C)(CO)C1CC1. The molecule has 1 saturated carbocycles. The number of aliphatic hydroxyl groups is 1. The molecule has 1 aromatic rings. The van der Waals surface area contributed by atoms with Crippen molar-refractivity contribution in [3.8, 4) is 0 Å². The van der Waals surface area contributed by atoms with Crippen molar-refractivity contribution in [3.05, 3.63) is 35.1 Å². The van der Waals surface area contributed by atoms with Gasteiger partial charge in [0.1, 0.15) is 5.82 Å². The van der Waals surface area contributed by atoms with Gasteiger partial charge in [-0.15, -0.1) is 0 Å². The summed E-state index contributed by atoms with van der Waals surface area (Å²) in [4.78, 5) is 12.1. The van der Waals surface area contributed by atoms with Crippen molar-refractivity contribution in [3.63, 3.8) is 0 Å². The van der Waals surface area contributed by atoms with Gasteiger partial charge in [0, 0.05) is 5.56 Å². The van der Waals surface area contributed by atoms with Crippen molar-refractivity contribution in [2.45, 2.75) is 32.2 Å². The van der Waals surface area contributed by atoms with Crippen LogP contribution in [0.3, 0.4) is 0 Å². The van der Waals surface area contributed by atoms with E-state index in [1.807, 2.05) is 6.92 Å². The molecule has 1 atom stereocenters. The maximum Gasteiger partial charge on any atom is 0.252 e. The van der Waals surface area contributed by atoms with Crippen LogP contribution in [0.1, 0.15) is 35.7 Å². The Kier molecular flexibility index (Phi) is 3.39. The lowest BCUT2D eigenvalue weighted by molar-refractivity contribution is 0.0824. The fraction of sp³-hybridized carbons (Fsp3) is 0.500. The Morgan fingerprint density at radius 2 is 2.22 bits per heavy atom. The van der Waals surface area contributed by atoms with Gasteiger partial charge >= 0.3 is 0 Å². The van der Waals surface area contributed by atoms with E-state index in [0.717, 1.165) is 12.8 Å². The second-order valence-corrected chi connectivity index (χ2v) is 5.26. The summed E-state index contributed by atoms with van der Waals surface area (Å²) in [5.41, 5.74) is 0.484. The molecule has 0 bridgehead atoms. The van der Waals surface area contributed by atoms with Crippen LogP contribution in [0, 0.1) is 18.7 Å². The molecule has 0 radical (unpaired) electrons. The second-order valence-electron chi connectivity index (χ2n) is 5.26. The Morgan fingerprint density at radius 3 is 2.72 bits per heavy atom. The molecule has 4 heteroatoms. The number of halogens is 1. The standard InChI is InChI=1S/C14H18FNO2/c1-9-7-11(15)5-6-12(9)13(18)16-14(2,8-17)10-3-4-10/h5-7,10,17H,3-4,8H2,1-2H3,(H,16,18). The molecule has 1 unspecified atom stereocenters. The van der Waals surface area contributed by atoms with Crippen LogP contribution in [0.15, 0.2) is 18.2 Å². The lowest BCUT2D eigenvalue weighted by atomic mass is 9.96. The summed E-state index contributed by atoms with van der Waals surface area (Å²) >= 11 is 0. The zero-order valence-electron chi connectivity index (χ0n) is 10.7. The van der Waals surface area contributed by atoms with Crippen molar-refractivity contribution in [1.29, 1.82) is 0 Å². The number of carbonyl (C=O) groups is 1. The van der Waals surface area contributed by atoms with E-state index in [4.69, 9.17) is 0 Å². The molecule has 18 heavy (non-hydrogen) atoms. The molecule has 1 fully saturated rings. The van der Waals surface area contributed by atoms with Crippen molar-refractivity contribution in [2.24, 2.45) is 5.92 Å². The Morgan fingerprint density at radius 1 is 1.56 bits per heavy atom. The van der Waals surface area contributed by atoms with Crippen LogP contribution < -0.4 is 5.32 Å². The van der Waals surface area contributed by atoms with Gasteiger partial charge in [-0.05, 0) is 56.4 Å². The first-order valence-corrected chi connectivity index (χ1v) is 6.16. The summed E-state index contributed by atoms with van der Waals surface area (Å²) in [5.74, 6) is -0.265. The van der Waals surface area contributed by atoms with E-state index in [9.17, 15) is 14.3 Å². The van der Waals surface area contributed by atoms with Gasteiger partial charge in [0.2, 0.25) is 0 Å². The summed E-state index contributed by atoms with van der Waals surface area (Å²) in [6.45, 7) is 3.47. The number of carbonyl (C=O) groups excluding carboxylic acids is 1. The molecule has 1 aromatic carbocycles. The number of benzene rings is 1. The van der Waals surface area contributed by atoms with E-state index >= 15 is 0 Å². The summed E-state index contributed by atoms with van der Waals surface area (Å²) in [5, 5.41) is 12.3. The molecule has 0 spiro atoms. The highest BCUT2D eigenvalue weighted by Crippen LogP contribution is 2.39. The van der Waals surface area contributed by atoms with Gasteiger partial charge in [0.25, 0.3) is 5.91 Å². The molecule has 1 aliphatic rings. The normalized spacial score (nSPS) is 18.2. The first-order chi connectivity index (χ1) is 8.46. The van der Waals surface area contributed by atoms with Gasteiger partial charge in [-0.2, -0.15) is 0 Å². The molecular formula is C14H18FNO2. The van der Waals surface area contributed by atoms with E-state index < -0.39 is 5.54 Å². The van der Waals surface area contributed by atoms with Crippen molar-refractivity contribution in [2.75, 3.05) is 6.61 Å². The third-order valence-electron chi connectivity index (χ3n) is 3.64. The Balaban J connectivity index is 2.16. The highest BCUT2D eigenvalue weighted by Gasteiger charge is 2.42. The van der Waals surface area contributed by atoms with Crippen LogP contribution in [0.4, 0.5) is 4.39 Å². The summed E-state index contributed by atoms with van der Waals surface area (Å²) in [6, 6.07) is 4.09. The van der Waals surface area contributed by atoms with Gasteiger partial charge in [0.15, 0.2) is 0 Å². The molecule has 0 aromatic heterocycles. The van der Waals surface area contributed by atoms with Crippen molar-refractivity contribution >= 4 is 5.91 Å². The van der Waals surface area contributed by atoms with Crippen LogP contribution >= 0.6 is 0 Å². The Bertz CT molecular complexity index is 471. The van der Waals surface area contributed by atoms with Crippen molar-refractivity contribution in [1.82, 2.24) is 5.32 Å². The Hall–Kier alpha value is -1.42. The van der Waals surface area contributed by atoms with Crippen LogP contribution in [-0.2, 0) is 0 Å². The average Bonchev–Trinajstić information content (AvgIpc) is 3.12. The summed E-state index contributed by atoms with van der Waals surface area (Å²) in [7, 11) is 0. The molecule has 3 nitrogen and oxygen atoms in total. The number of nitrogens with one attached hydrogen (secondary N) is 1. The second kappa shape index (κ2) is 4.69. The minimum Gasteiger partial charge on any atom is -0.394 e.